The fourth-order valence-electron chi connectivity index (χ4n) is 9.50. The van der Waals surface area contributed by atoms with Gasteiger partial charge in [-0.05, 0) is 118 Å². The molecule has 51 heavy (non-hydrogen) atoms. The van der Waals surface area contributed by atoms with Crippen molar-refractivity contribution in [1.82, 2.24) is 0 Å². The van der Waals surface area contributed by atoms with Crippen molar-refractivity contribution in [3.05, 3.63) is 179 Å². The molecule has 248 valence electrons. The zero-order valence-corrected chi connectivity index (χ0v) is 30.0. The number of hydrogen-bond acceptors (Lipinski definition) is 2. The van der Waals surface area contributed by atoms with E-state index in [1.807, 2.05) is 0 Å². The molecule has 2 heterocycles. The van der Waals surface area contributed by atoms with Crippen molar-refractivity contribution in [2.75, 3.05) is 9.80 Å². The van der Waals surface area contributed by atoms with E-state index in [-0.39, 0.29) is 10.8 Å². The van der Waals surface area contributed by atoms with E-state index in [9.17, 15) is 0 Å². The maximum absolute atomic E-state index is 2.53. The summed E-state index contributed by atoms with van der Waals surface area (Å²) in [5.41, 5.74) is 20.8. The molecule has 0 radical (unpaired) electrons. The summed E-state index contributed by atoms with van der Waals surface area (Å²) in [5.74, 6) is 0. The molecule has 2 nitrogen and oxygen atoms in total. The second kappa shape index (κ2) is 10.7. The zero-order chi connectivity index (χ0) is 34.6. The molecule has 0 spiro atoms. The fraction of sp³-hybridized carbons (Fsp3) is 0.184. The van der Waals surface area contributed by atoms with E-state index < -0.39 is 0 Å². The minimum atomic E-state index is -0.182. The van der Waals surface area contributed by atoms with Crippen LogP contribution in [-0.2, 0) is 10.8 Å². The smallest absolute Gasteiger partial charge is 0.0632 e. The van der Waals surface area contributed by atoms with Crippen molar-refractivity contribution in [3.8, 4) is 22.3 Å². The SMILES string of the molecule is Cc1ccc2c(c1)C(C)(C)c1cc(-c3ccc4c(c3)C3=CC=CCC3N4c3ccccc3)ccc1N2c1ccc2c(c1)C(C)(C)c1ccccc1-2. The van der Waals surface area contributed by atoms with Gasteiger partial charge in [-0.3, -0.25) is 0 Å². The van der Waals surface area contributed by atoms with E-state index >= 15 is 0 Å². The molecule has 0 bridgehead atoms. The van der Waals surface area contributed by atoms with Gasteiger partial charge < -0.3 is 9.80 Å². The Morgan fingerprint density at radius 3 is 2.02 bits per heavy atom. The number of benzene rings is 6. The van der Waals surface area contributed by atoms with Gasteiger partial charge in [0.1, 0.15) is 0 Å². The van der Waals surface area contributed by atoms with Crippen LogP contribution in [0.1, 0.15) is 67.5 Å². The highest BCUT2D eigenvalue weighted by Crippen LogP contribution is 2.56. The summed E-state index contributed by atoms with van der Waals surface area (Å²) >= 11 is 0. The molecule has 0 aromatic heterocycles. The average Bonchev–Trinajstić information content (AvgIpc) is 3.60. The summed E-state index contributed by atoms with van der Waals surface area (Å²) in [6.07, 6.45) is 7.86. The summed E-state index contributed by atoms with van der Waals surface area (Å²) in [4.78, 5) is 5.04. The molecule has 6 aromatic rings. The lowest BCUT2D eigenvalue weighted by Crippen LogP contribution is -2.31. The van der Waals surface area contributed by atoms with E-state index in [0.717, 1.165) is 6.42 Å². The lowest BCUT2D eigenvalue weighted by Gasteiger charge is -2.42. The van der Waals surface area contributed by atoms with Gasteiger partial charge in [-0.25, -0.2) is 0 Å². The molecule has 1 atom stereocenters. The van der Waals surface area contributed by atoms with Gasteiger partial charge in [-0.15, -0.1) is 0 Å². The van der Waals surface area contributed by atoms with Gasteiger partial charge in [0.25, 0.3) is 0 Å². The first-order valence-electron chi connectivity index (χ1n) is 18.4. The maximum Gasteiger partial charge on any atom is 0.0632 e. The van der Waals surface area contributed by atoms with E-state index in [2.05, 4.69) is 190 Å². The van der Waals surface area contributed by atoms with Crippen molar-refractivity contribution in [1.29, 1.82) is 0 Å². The third kappa shape index (κ3) is 4.29. The van der Waals surface area contributed by atoms with E-state index in [1.165, 1.54) is 89.6 Å². The van der Waals surface area contributed by atoms with Crippen molar-refractivity contribution in [3.63, 3.8) is 0 Å². The first kappa shape index (κ1) is 30.2. The van der Waals surface area contributed by atoms with Crippen LogP contribution in [-0.4, -0.2) is 6.04 Å². The summed E-state index contributed by atoms with van der Waals surface area (Å²) in [6, 6.07) is 48.5. The highest BCUT2D eigenvalue weighted by molar-refractivity contribution is 5.96. The minimum Gasteiger partial charge on any atom is -0.333 e. The Hall–Kier alpha value is -5.60. The molecule has 10 rings (SSSR count). The molecule has 2 heteroatoms. The van der Waals surface area contributed by atoms with Gasteiger partial charge >= 0.3 is 0 Å². The van der Waals surface area contributed by atoms with Crippen LogP contribution in [0.3, 0.4) is 0 Å². The number of hydrogen-bond donors (Lipinski definition) is 0. The standard InChI is InChI=1S/C49H42N2/c1-31-19-24-46-42(27-31)49(4,5)43-29-33(32-20-25-45-39(28-32)38-16-10-12-18-44(38)50(45)34-13-7-6-8-14-34)21-26-47(43)51(46)35-22-23-37-36-15-9-11-17-40(36)48(2,3)41(37)30-35/h6-17,19-30,44H,18H2,1-5H3. The molecule has 2 aliphatic carbocycles. The number of anilines is 5. The molecular weight excluding hydrogens is 617 g/mol. The number of aryl methyl sites for hydroxylation is 1. The second-order valence-electron chi connectivity index (χ2n) is 15.9. The molecule has 4 aliphatic rings. The second-order valence-corrected chi connectivity index (χ2v) is 15.9. The monoisotopic (exact) mass is 658 g/mol. The molecule has 6 aromatic carbocycles. The molecule has 0 amide bonds. The van der Waals surface area contributed by atoms with Crippen LogP contribution in [0.2, 0.25) is 0 Å². The number of para-hydroxylation sites is 1. The number of fused-ring (bicyclic) bond motifs is 8. The Balaban J connectivity index is 1.12. The molecule has 2 aliphatic heterocycles. The summed E-state index contributed by atoms with van der Waals surface area (Å²) in [5, 5.41) is 0. The number of nitrogens with zero attached hydrogens (tertiary/aromatic N) is 2. The lowest BCUT2D eigenvalue weighted by molar-refractivity contribution is 0.631. The average molecular weight is 659 g/mol. The van der Waals surface area contributed by atoms with E-state index in [4.69, 9.17) is 0 Å². The predicted octanol–water partition coefficient (Wildman–Crippen LogP) is 12.9. The summed E-state index contributed by atoms with van der Waals surface area (Å²) < 4.78 is 0. The molecule has 1 unspecified atom stereocenters. The van der Waals surface area contributed by atoms with Gasteiger partial charge in [0.05, 0.1) is 17.4 Å². The van der Waals surface area contributed by atoms with Crippen LogP contribution in [0.4, 0.5) is 28.4 Å². The quantitative estimate of drug-likeness (QED) is 0.187. The van der Waals surface area contributed by atoms with Crippen molar-refractivity contribution < 1.29 is 0 Å². The Labute approximate surface area is 302 Å². The summed E-state index contributed by atoms with van der Waals surface area (Å²) in [6.45, 7) is 11.8. The third-order valence-corrected chi connectivity index (χ3v) is 12.2. The van der Waals surface area contributed by atoms with E-state index in [1.54, 1.807) is 0 Å². The van der Waals surface area contributed by atoms with Crippen LogP contribution < -0.4 is 9.80 Å². The largest absolute Gasteiger partial charge is 0.333 e. The zero-order valence-electron chi connectivity index (χ0n) is 30.0. The van der Waals surface area contributed by atoms with Crippen LogP contribution in [0.15, 0.2) is 146 Å². The number of rotatable bonds is 3. The Morgan fingerprint density at radius 2 is 1.20 bits per heavy atom. The Kier molecular flexibility index (Phi) is 6.35. The van der Waals surface area contributed by atoms with E-state index in [0.29, 0.717) is 6.04 Å². The highest BCUT2D eigenvalue weighted by atomic mass is 15.2. The molecule has 0 saturated heterocycles. The normalized spacial score (nSPS) is 18.3. The topological polar surface area (TPSA) is 6.48 Å². The van der Waals surface area contributed by atoms with Crippen LogP contribution in [0, 0.1) is 6.92 Å². The van der Waals surface area contributed by atoms with Crippen LogP contribution >= 0.6 is 0 Å². The van der Waals surface area contributed by atoms with Gasteiger partial charge in [0.2, 0.25) is 0 Å². The number of allylic oxidation sites excluding steroid dienone is 2. The predicted molar refractivity (Wildman–Crippen MR) is 215 cm³/mol. The first-order chi connectivity index (χ1) is 24.7. The maximum atomic E-state index is 2.53. The Bertz CT molecular complexity index is 2480. The van der Waals surface area contributed by atoms with Crippen LogP contribution in [0.5, 0.6) is 0 Å². The van der Waals surface area contributed by atoms with Gasteiger partial charge in [-0.2, -0.15) is 0 Å². The van der Waals surface area contributed by atoms with Crippen molar-refractivity contribution >= 4 is 34.0 Å². The Morgan fingerprint density at radius 1 is 0.529 bits per heavy atom. The lowest BCUT2D eigenvalue weighted by atomic mass is 9.72. The summed E-state index contributed by atoms with van der Waals surface area (Å²) in [7, 11) is 0. The highest BCUT2D eigenvalue weighted by Gasteiger charge is 2.40. The van der Waals surface area contributed by atoms with Gasteiger partial charge in [0.15, 0.2) is 0 Å². The van der Waals surface area contributed by atoms with Gasteiger partial charge in [0, 0.05) is 33.5 Å². The third-order valence-electron chi connectivity index (χ3n) is 12.2. The molecule has 0 N–H and O–H groups in total. The molecular formula is C49H42N2. The van der Waals surface area contributed by atoms with Gasteiger partial charge in [-0.1, -0.05) is 124 Å². The minimum absolute atomic E-state index is 0.0635. The fourth-order valence-corrected chi connectivity index (χ4v) is 9.50. The van der Waals surface area contributed by atoms with Crippen molar-refractivity contribution in [2.45, 2.75) is 57.9 Å². The van der Waals surface area contributed by atoms with Crippen molar-refractivity contribution in [2.24, 2.45) is 0 Å². The molecule has 0 fully saturated rings. The first-order valence-corrected chi connectivity index (χ1v) is 18.4. The van der Waals surface area contributed by atoms with Crippen LogP contribution in [0.25, 0.3) is 27.8 Å². The molecule has 0 saturated carbocycles.